The van der Waals surface area contributed by atoms with Crippen molar-refractivity contribution >= 4 is 17.8 Å². The van der Waals surface area contributed by atoms with Crippen LogP contribution in [0.2, 0.25) is 0 Å². The average molecular weight is 205 g/mol. The zero-order valence-electron chi connectivity index (χ0n) is 8.11. The Morgan fingerprint density at radius 3 is 1.86 bits per heavy atom. The van der Waals surface area contributed by atoms with Gasteiger partial charge in [-0.25, -0.2) is 10.6 Å². The van der Waals surface area contributed by atoms with Crippen molar-refractivity contribution in [2.24, 2.45) is 17.5 Å². The fraction of sp³-hybridized carbons (Fsp3) is 0.571. The third-order valence-electron chi connectivity index (χ3n) is 1.16. The third-order valence-corrected chi connectivity index (χ3v) is 1.16. The van der Waals surface area contributed by atoms with Gasteiger partial charge in [0.15, 0.2) is 0 Å². The Morgan fingerprint density at radius 2 is 1.79 bits per heavy atom. The number of carboxylic acid groups (broad SMARTS) is 1. The van der Waals surface area contributed by atoms with Crippen molar-refractivity contribution in [3.05, 3.63) is 0 Å². The molecule has 0 fully saturated rings. The number of nitrogens with one attached hydrogen (secondary N) is 1. The van der Waals surface area contributed by atoms with Gasteiger partial charge in [-0.2, -0.15) is 0 Å². The van der Waals surface area contributed by atoms with Crippen molar-refractivity contribution in [1.29, 1.82) is 0 Å². The highest BCUT2D eigenvalue weighted by molar-refractivity contribution is 5.81. The molecule has 7 heteroatoms. The topological polar surface area (TPSA) is 136 Å². The van der Waals surface area contributed by atoms with Crippen LogP contribution in [0.25, 0.3) is 0 Å². The standard InChI is InChI=1S/C6H10O3.CH5N3O/c1-4(6(8)9)3-5(2)7;2-1(5)4-3/h4H,3H2,1-2H3,(H,8,9);3H2,(H3,2,4,5). The van der Waals surface area contributed by atoms with Gasteiger partial charge in [-0.05, 0) is 6.92 Å². The lowest BCUT2D eigenvalue weighted by molar-refractivity contribution is -0.142. The van der Waals surface area contributed by atoms with E-state index in [0.717, 1.165) is 0 Å². The Balaban J connectivity index is 0. The fourth-order valence-corrected chi connectivity index (χ4v) is 0.518. The van der Waals surface area contributed by atoms with Gasteiger partial charge in [-0.15, -0.1) is 0 Å². The van der Waals surface area contributed by atoms with Crippen LogP contribution in [0.3, 0.4) is 0 Å². The lowest BCUT2D eigenvalue weighted by Crippen LogP contribution is -2.34. The first-order valence-electron chi connectivity index (χ1n) is 3.79. The number of carbonyl (C=O) groups is 3. The number of aliphatic carboxylic acids is 1. The predicted molar refractivity (Wildman–Crippen MR) is 49.0 cm³/mol. The predicted octanol–water partition coefficient (Wildman–Crippen LogP) is -0.785. The van der Waals surface area contributed by atoms with Crippen LogP contribution >= 0.6 is 0 Å². The van der Waals surface area contributed by atoms with E-state index in [1.54, 1.807) is 5.43 Å². The highest BCUT2D eigenvalue weighted by atomic mass is 16.4. The van der Waals surface area contributed by atoms with Crippen molar-refractivity contribution in [1.82, 2.24) is 5.43 Å². The number of carbonyl (C=O) groups excluding carboxylic acids is 2. The van der Waals surface area contributed by atoms with Gasteiger partial charge in [0.2, 0.25) is 0 Å². The average Bonchev–Trinajstić information content (AvgIpc) is 2.04. The molecular weight excluding hydrogens is 190 g/mol. The van der Waals surface area contributed by atoms with Crippen LogP contribution in [0.1, 0.15) is 20.3 Å². The molecule has 0 heterocycles. The van der Waals surface area contributed by atoms with Crippen LogP contribution in [0, 0.1) is 5.92 Å². The quantitative estimate of drug-likeness (QED) is 0.272. The number of hydrogen-bond acceptors (Lipinski definition) is 4. The van der Waals surface area contributed by atoms with Gasteiger partial charge >= 0.3 is 12.0 Å². The van der Waals surface area contributed by atoms with E-state index in [1.807, 2.05) is 0 Å². The number of amides is 2. The number of Topliss-reactive ketones (excluding diaryl/α,β-unsaturated/α-hetero) is 1. The highest BCUT2D eigenvalue weighted by Gasteiger charge is 2.11. The van der Waals surface area contributed by atoms with E-state index in [2.05, 4.69) is 11.6 Å². The van der Waals surface area contributed by atoms with Gasteiger partial charge in [0.05, 0.1) is 5.92 Å². The van der Waals surface area contributed by atoms with Gasteiger partial charge in [0.1, 0.15) is 5.78 Å². The van der Waals surface area contributed by atoms with E-state index in [0.29, 0.717) is 0 Å². The molecular formula is C7H15N3O4. The summed E-state index contributed by atoms with van der Waals surface area (Å²) in [5.74, 6) is 2.92. The maximum absolute atomic E-state index is 10.3. The zero-order chi connectivity index (χ0) is 11.7. The Bertz CT molecular complexity index is 217. The molecule has 0 aromatic rings. The second-order valence-corrected chi connectivity index (χ2v) is 2.65. The molecule has 1 unspecified atom stereocenters. The summed E-state index contributed by atoms with van der Waals surface area (Å²) in [5.41, 5.74) is 6.08. The molecule has 7 nitrogen and oxygen atoms in total. The Morgan fingerprint density at radius 1 is 1.43 bits per heavy atom. The summed E-state index contributed by atoms with van der Waals surface area (Å²) in [4.78, 5) is 29.7. The van der Waals surface area contributed by atoms with E-state index in [9.17, 15) is 14.4 Å². The van der Waals surface area contributed by atoms with E-state index in [4.69, 9.17) is 5.11 Å². The van der Waals surface area contributed by atoms with Crippen LogP contribution in [-0.4, -0.2) is 22.9 Å². The molecule has 0 aliphatic rings. The molecule has 0 rings (SSSR count). The van der Waals surface area contributed by atoms with Crippen LogP contribution < -0.4 is 17.0 Å². The number of urea groups is 1. The Hall–Kier alpha value is -1.63. The van der Waals surface area contributed by atoms with E-state index >= 15 is 0 Å². The summed E-state index contributed by atoms with van der Waals surface area (Å²) < 4.78 is 0. The lowest BCUT2D eigenvalue weighted by Gasteiger charge is -1.99. The van der Waals surface area contributed by atoms with Gasteiger partial charge in [0.25, 0.3) is 0 Å². The van der Waals surface area contributed by atoms with Crippen molar-refractivity contribution < 1.29 is 19.5 Å². The Labute approximate surface area is 81.4 Å². The normalized spacial score (nSPS) is 10.5. The molecule has 6 N–H and O–H groups in total. The molecule has 0 aromatic heterocycles. The maximum Gasteiger partial charge on any atom is 0.326 e. The number of ketones is 1. The molecule has 0 aliphatic carbocycles. The molecule has 14 heavy (non-hydrogen) atoms. The van der Waals surface area contributed by atoms with Crippen molar-refractivity contribution in [2.45, 2.75) is 20.3 Å². The fourth-order valence-electron chi connectivity index (χ4n) is 0.518. The first-order valence-corrected chi connectivity index (χ1v) is 3.79. The van der Waals surface area contributed by atoms with Crippen molar-refractivity contribution in [3.63, 3.8) is 0 Å². The van der Waals surface area contributed by atoms with Crippen LogP contribution in [0.4, 0.5) is 4.79 Å². The largest absolute Gasteiger partial charge is 0.481 e. The molecule has 0 saturated carbocycles. The molecule has 0 saturated heterocycles. The van der Waals surface area contributed by atoms with E-state index in [-0.39, 0.29) is 12.2 Å². The highest BCUT2D eigenvalue weighted by Crippen LogP contribution is 2.00. The number of hydrazine groups is 1. The van der Waals surface area contributed by atoms with E-state index < -0.39 is 17.9 Å². The summed E-state index contributed by atoms with van der Waals surface area (Å²) in [6.07, 6.45) is 0.134. The minimum atomic E-state index is -0.912. The first kappa shape index (κ1) is 14.9. The minimum Gasteiger partial charge on any atom is -0.481 e. The zero-order valence-corrected chi connectivity index (χ0v) is 8.11. The smallest absolute Gasteiger partial charge is 0.326 e. The van der Waals surface area contributed by atoms with Crippen molar-refractivity contribution in [2.75, 3.05) is 0 Å². The molecule has 1 atom stereocenters. The van der Waals surface area contributed by atoms with E-state index in [1.165, 1.54) is 13.8 Å². The van der Waals surface area contributed by atoms with Crippen LogP contribution in [0.5, 0.6) is 0 Å². The van der Waals surface area contributed by atoms with Gasteiger partial charge in [-0.3, -0.25) is 10.2 Å². The number of nitrogens with two attached hydrogens (primary N) is 2. The number of primary amides is 1. The summed E-state index contributed by atoms with van der Waals surface area (Å²) in [6, 6.07) is -0.718. The van der Waals surface area contributed by atoms with Crippen LogP contribution in [0.15, 0.2) is 0 Å². The van der Waals surface area contributed by atoms with Gasteiger partial charge in [0, 0.05) is 6.42 Å². The molecule has 0 spiro atoms. The second-order valence-electron chi connectivity index (χ2n) is 2.65. The number of carboxylic acids is 1. The SMILES string of the molecule is CC(=O)CC(C)C(=O)O.NNC(N)=O. The summed E-state index contributed by atoms with van der Waals surface area (Å²) >= 11 is 0. The number of rotatable bonds is 3. The molecule has 82 valence electrons. The Kier molecular flexibility index (Phi) is 8.49. The number of hydrogen-bond donors (Lipinski definition) is 4. The molecule has 0 aliphatic heterocycles. The van der Waals surface area contributed by atoms with Crippen LogP contribution in [-0.2, 0) is 9.59 Å². The van der Waals surface area contributed by atoms with Gasteiger partial charge < -0.3 is 15.6 Å². The molecule has 0 radical (unpaired) electrons. The molecule has 2 amide bonds. The first-order chi connectivity index (χ1) is 6.31. The second kappa shape index (κ2) is 7.99. The monoisotopic (exact) mass is 205 g/mol. The molecule has 0 aromatic carbocycles. The summed E-state index contributed by atoms with van der Waals surface area (Å²) in [5, 5.41) is 8.28. The van der Waals surface area contributed by atoms with Crippen molar-refractivity contribution in [3.8, 4) is 0 Å². The summed E-state index contributed by atoms with van der Waals surface area (Å²) in [6.45, 7) is 2.91. The lowest BCUT2D eigenvalue weighted by atomic mass is 10.1. The third kappa shape index (κ3) is 13.0. The maximum atomic E-state index is 10.3. The minimum absolute atomic E-state index is 0.0788. The molecule has 0 bridgehead atoms. The summed E-state index contributed by atoms with van der Waals surface area (Å²) in [7, 11) is 0. The van der Waals surface area contributed by atoms with Gasteiger partial charge in [-0.1, -0.05) is 6.92 Å².